The molecule has 0 amide bonds. The number of aromatic amines is 1. The summed E-state index contributed by atoms with van der Waals surface area (Å²) in [7, 11) is 0. The molecule has 5 heteroatoms. The summed E-state index contributed by atoms with van der Waals surface area (Å²) in [5, 5.41) is 7.23. The number of benzene rings is 2. The number of aromatic nitrogens is 2. The third kappa shape index (κ3) is 3.01. The standard InChI is InChI=1S/C19H15FN2O2/c20-15-7-5-14(6-8-15)17-11-16(21-22-17)3-1-2-13-4-9-18-19(10-13)24-12-23-18/h1,3-11H,2,12H2,(H,21,22). The van der Waals surface area contributed by atoms with Crippen molar-refractivity contribution in [2.24, 2.45) is 0 Å². The zero-order valence-electron chi connectivity index (χ0n) is 12.8. The number of halogens is 1. The Morgan fingerprint density at radius 1 is 1.04 bits per heavy atom. The lowest BCUT2D eigenvalue weighted by molar-refractivity contribution is 0.174. The number of ether oxygens (including phenoxy) is 2. The van der Waals surface area contributed by atoms with Gasteiger partial charge in [0.25, 0.3) is 0 Å². The summed E-state index contributed by atoms with van der Waals surface area (Å²) < 4.78 is 23.6. The molecule has 0 aliphatic carbocycles. The average molecular weight is 322 g/mol. The van der Waals surface area contributed by atoms with E-state index >= 15 is 0 Å². The van der Waals surface area contributed by atoms with E-state index in [0.29, 0.717) is 0 Å². The quantitative estimate of drug-likeness (QED) is 0.783. The molecule has 120 valence electrons. The molecule has 1 aliphatic heterocycles. The molecule has 1 aliphatic rings. The van der Waals surface area contributed by atoms with Gasteiger partial charge in [0.15, 0.2) is 11.5 Å². The van der Waals surface area contributed by atoms with Crippen molar-refractivity contribution in [2.75, 3.05) is 6.79 Å². The second-order valence-corrected chi connectivity index (χ2v) is 5.51. The fraction of sp³-hybridized carbons (Fsp3) is 0.105. The van der Waals surface area contributed by atoms with Gasteiger partial charge in [-0.15, -0.1) is 0 Å². The predicted octanol–water partition coefficient (Wildman–Crippen LogP) is 4.20. The maximum Gasteiger partial charge on any atom is 0.231 e. The lowest BCUT2D eigenvalue weighted by Crippen LogP contribution is -1.92. The molecule has 4 rings (SSSR count). The van der Waals surface area contributed by atoms with Crippen LogP contribution in [0.15, 0.2) is 54.6 Å². The van der Waals surface area contributed by atoms with Crippen LogP contribution in [0, 0.1) is 5.82 Å². The average Bonchev–Trinajstić information content (AvgIpc) is 3.24. The zero-order chi connectivity index (χ0) is 16.4. The maximum atomic E-state index is 13.0. The summed E-state index contributed by atoms with van der Waals surface area (Å²) in [6.07, 6.45) is 4.81. The monoisotopic (exact) mass is 322 g/mol. The molecule has 0 unspecified atom stereocenters. The first-order valence-electron chi connectivity index (χ1n) is 7.64. The van der Waals surface area contributed by atoms with Crippen LogP contribution < -0.4 is 9.47 Å². The smallest absolute Gasteiger partial charge is 0.231 e. The van der Waals surface area contributed by atoms with Crippen LogP contribution in [0.5, 0.6) is 11.5 Å². The first kappa shape index (κ1) is 14.5. The van der Waals surface area contributed by atoms with E-state index in [1.165, 1.54) is 12.1 Å². The molecule has 3 aromatic rings. The SMILES string of the molecule is Fc1ccc(-c2cc(C=CCc3ccc4c(c3)OCO4)[nH]n2)cc1. The lowest BCUT2D eigenvalue weighted by Gasteiger charge is -1.99. The highest BCUT2D eigenvalue weighted by atomic mass is 19.1. The molecule has 0 radical (unpaired) electrons. The summed E-state index contributed by atoms with van der Waals surface area (Å²) in [5.74, 6) is 1.33. The highest BCUT2D eigenvalue weighted by Crippen LogP contribution is 2.32. The largest absolute Gasteiger partial charge is 0.454 e. The molecule has 2 aromatic carbocycles. The van der Waals surface area contributed by atoms with E-state index in [2.05, 4.69) is 16.3 Å². The number of allylic oxidation sites excluding steroid dienone is 1. The van der Waals surface area contributed by atoms with E-state index in [1.807, 2.05) is 30.3 Å². The van der Waals surface area contributed by atoms with Crippen molar-refractivity contribution in [2.45, 2.75) is 6.42 Å². The van der Waals surface area contributed by atoms with E-state index in [0.717, 1.165) is 40.4 Å². The second-order valence-electron chi connectivity index (χ2n) is 5.51. The number of nitrogens with one attached hydrogen (secondary N) is 1. The molecule has 0 atom stereocenters. The number of fused-ring (bicyclic) bond motifs is 1. The predicted molar refractivity (Wildman–Crippen MR) is 89.3 cm³/mol. The van der Waals surface area contributed by atoms with Gasteiger partial charge in [-0.2, -0.15) is 5.10 Å². The van der Waals surface area contributed by atoms with Crippen LogP contribution in [0.25, 0.3) is 17.3 Å². The van der Waals surface area contributed by atoms with Crippen LogP contribution >= 0.6 is 0 Å². The third-order valence-electron chi connectivity index (χ3n) is 3.83. The van der Waals surface area contributed by atoms with Crippen LogP contribution in [0.2, 0.25) is 0 Å². The number of hydrogen-bond acceptors (Lipinski definition) is 3. The normalized spacial score (nSPS) is 12.9. The van der Waals surface area contributed by atoms with Crippen LogP contribution in [0.3, 0.4) is 0 Å². The van der Waals surface area contributed by atoms with Gasteiger partial charge in [0.05, 0.1) is 11.4 Å². The number of H-pyrrole nitrogens is 1. The lowest BCUT2D eigenvalue weighted by atomic mass is 10.1. The fourth-order valence-electron chi connectivity index (χ4n) is 2.58. The van der Waals surface area contributed by atoms with Crippen LogP contribution in [-0.2, 0) is 6.42 Å². The Morgan fingerprint density at radius 2 is 1.88 bits per heavy atom. The van der Waals surface area contributed by atoms with Crippen molar-refractivity contribution in [3.05, 3.63) is 71.7 Å². The van der Waals surface area contributed by atoms with E-state index in [9.17, 15) is 4.39 Å². The van der Waals surface area contributed by atoms with Gasteiger partial charge in [0.1, 0.15) is 5.82 Å². The number of hydrogen-bond donors (Lipinski definition) is 1. The topological polar surface area (TPSA) is 47.1 Å². The molecule has 0 fully saturated rings. The molecule has 0 spiro atoms. The Balaban J connectivity index is 1.44. The first-order chi connectivity index (χ1) is 11.8. The Hall–Kier alpha value is -3.08. The summed E-state index contributed by atoms with van der Waals surface area (Å²) in [6.45, 7) is 0.287. The molecule has 2 heterocycles. The van der Waals surface area contributed by atoms with Crippen LogP contribution in [0.1, 0.15) is 11.3 Å². The van der Waals surface area contributed by atoms with Gasteiger partial charge in [0.2, 0.25) is 6.79 Å². The fourth-order valence-corrected chi connectivity index (χ4v) is 2.58. The van der Waals surface area contributed by atoms with E-state index in [4.69, 9.17) is 9.47 Å². The van der Waals surface area contributed by atoms with Crippen molar-refractivity contribution >= 4 is 6.08 Å². The maximum absolute atomic E-state index is 13.0. The molecule has 0 bridgehead atoms. The summed E-state index contributed by atoms with van der Waals surface area (Å²) in [4.78, 5) is 0. The Labute approximate surface area is 138 Å². The Kier molecular flexibility index (Phi) is 3.75. The molecule has 0 saturated heterocycles. The van der Waals surface area contributed by atoms with Crippen LogP contribution in [-0.4, -0.2) is 17.0 Å². The van der Waals surface area contributed by atoms with Gasteiger partial charge in [-0.25, -0.2) is 4.39 Å². The van der Waals surface area contributed by atoms with E-state index < -0.39 is 0 Å². The van der Waals surface area contributed by atoms with Gasteiger partial charge >= 0.3 is 0 Å². The highest BCUT2D eigenvalue weighted by Gasteiger charge is 2.12. The number of nitrogens with zero attached hydrogens (tertiary/aromatic N) is 1. The van der Waals surface area contributed by atoms with Crippen LogP contribution in [0.4, 0.5) is 4.39 Å². The molecule has 0 saturated carbocycles. The molecule has 4 nitrogen and oxygen atoms in total. The molecular weight excluding hydrogens is 307 g/mol. The van der Waals surface area contributed by atoms with E-state index in [-0.39, 0.29) is 12.6 Å². The van der Waals surface area contributed by atoms with E-state index in [1.54, 1.807) is 12.1 Å². The second kappa shape index (κ2) is 6.20. The van der Waals surface area contributed by atoms with Gasteiger partial charge < -0.3 is 9.47 Å². The van der Waals surface area contributed by atoms with Crippen molar-refractivity contribution < 1.29 is 13.9 Å². The summed E-state index contributed by atoms with van der Waals surface area (Å²) >= 11 is 0. The van der Waals surface area contributed by atoms with Crippen molar-refractivity contribution in [3.63, 3.8) is 0 Å². The van der Waals surface area contributed by atoms with Crippen molar-refractivity contribution in [3.8, 4) is 22.8 Å². The molecular formula is C19H15FN2O2. The van der Waals surface area contributed by atoms with Gasteiger partial charge in [-0.05, 0) is 60.5 Å². The minimum Gasteiger partial charge on any atom is -0.454 e. The van der Waals surface area contributed by atoms with Crippen molar-refractivity contribution in [1.29, 1.82) is 0 Å². The number of rotatable bonds is 4. The van der Waals surface area contributed by atoms with Gasteiger partial charge in [0, 0.05) is 5.56 Å². The third-order valence-corrected chi connectivity index (χ3v) is 3.83. The molecule has 1 N–H and O–H groups in total. The highest BCUT2D eigenvalue weighted by molar-refractivity contribution is 5.62. The first-order valence-corrected chi connectivity index (χ1v) is 7.64. The minimum atomic E-state index is -0.252. The molecule has 24 heavy (non-hydrogen) atoms. The van der Waals surface area contributed by atoms with Gasteiger partial charge in [-0.1, -0.05) is 12.1 Å². The Morgan fingerprint density at radius 3 is 2.75 bits per heavy atom. The minimum absolute atomic E-state index is 0.252. The Bertz CT molecular complexity index is 885. The van der Waals surface area contributed by atoms with Gasteiger partial charge in [-0.3, -0.25) is 5.10 Å². The summed E-state index contributed by atoms with van der Waals surface area (Å²) in [5.41, 5.74) is 3.71. The summed E-state index contributed by atoms with van der Waals surface area (Å²) in [6, 6.07) is 14.2. The zero-order valence-corrected chi connectivity index (χ0v) is 12.8. The molecule has 1 aromatic heterocycles. The van der Waals surface area contributed by atoms with Crippen molar-refractivity contribution in [1.82, 2.24) is 10.2 Å².